The van der Waals surface area contributed by atoms with Gasteiger partial charge in [-0.25, -0.2) is 13.2 Å². The maximum absolute atomic E-state index is 17.1. The normalized spacial score (nSPS) is 27.8. The number of halogens is 4. The van der Waals surface area contributed by atoms with Gasteiger partial charge < -0.3 is 20.7 Å². The number of hydrogen-bond acceptors (Lipinski definition) is 9. The molecule has 4 aliphatic heterocycles. The molecule has 0 radical (unpaired) electrons. The molecule has 3 N–H and O–H groups in total. The van der Waals surface area contributed by atoms with Gasteiger partial charge in [0, 0.05) is 47.6 Å². The molecule has 2 bridgehead atoms. The second-order valence-corrected chi connectivity index (χ2v) is 15.7. The minimum Gasteiger partial charge on any atom is -0.461 e. The van der Waals surface area contributed by atoms with E-state index in [1.54, 1.807) is 6.07 Å². The Hall–Kier alpha value is -3.63. The number of fused-ring (bicyclic) bond motifs is 5. The summed E-state index contributed by atoms with van der Waals surface area (Å²) >= 11 is 7.87. The molecule has 1 saturated carbocycles. The van der Waals surface area contributed by atoms with Gasteiger partial charge in [-0.3, -0.25) is 4.90 Å². The van der Waals surface area contributed by atoms with Gasteiger partial charge in [-0.05, 0) is 80.7 Å². The number of nitriles is 1. The summed E-state index contributed by atoms with van der Waals surface area (Å²) in [6.07, 6.45) is 7.62. The van der Waals surface area contributed by atoms with Crippen LogP contribution in [0, 0.1) is 28.9 Å². The third kappa shape index (κ3) is 4.54. The van der Waals surface area contributed by atoms with Crippen molar-refractivity contribution in [2.24, 2.45) is 5.92 Å². The van der Waals surface area contributed by atoms with Crippen LogP contribution in [0.3, 0.4) is 0 Å². The van der Waals surface area contributed by atoms with Gasteiger partial charge in [0.25, 0.3) is 0 Å². The molecule has 0 amide bonds. The highest BCUT2D eigenvalue weighted by Crippen LogP contribution is 2.50. The average molecular weight is 692 g/mol. The molecular weight excluding hydrogens is 659 g/mol. The molecule has 4 aromatic rings. The van der Waals surface area contributed by atoms with E-state index in [9.17, 15) is 14.0 Å². The Bertz CT molecular complexity index is 2100. The molecule has 5 fully saturated rings. The number of piperazine rings is 1. The lowest BCUT2D eigenvalue weighted by Gasteiger charge is -2.42. The van der Waals surface area contributed by atoms with E-state index in [0.29, 0.717) is 43.0 Å². The summed E-state index contributed by atoms with van der Waals surface area (Å²) in [5.41, 5.74) is 6.82. The highest BCUT2D eigenvalue weighted by molar-refractivity contribution is 7.23. The summed E-state index contributed by atoms with van der Waals surface area (Å²) in [7, 11) is 0. The van der Waals surface area contributed by atoms with Crippen molar-refractivity contribution in [2.45, 2.75) is 62.1 Å². The van der Waals surface area contributed by atoms with Crippen LogP contribution in [0.4, 0.5) is 24.0 Å². The van der Waals surface area contributed by atoms with Crippen molar-refractivity contribution in [3.63, 3.8) is 0 Å². The maximum Gasteiger partial charge on any atom is 0.319 e. The fraction of sp³-hybridized carbons (Fsp3) is 0.457. The number of nitrogens with two attached hydrogens (primary N) is 1. The number of aromatic nitrogens is 2. The standard InChI is InChI=1S/C35H33ClF3N7OS/c36-24-10-22-29(28(39)27(24)21-4-5-25(38)30-26(21)23(13-40)31(41)48-30)42-33(47-17-34-7-1-9-46(34)14-18(11-34)12-37)43-32(22)45-15-20-6-8-35(16-45,44-20)19-2-3-19/h4-5,10,12,19-20,44H,1-3,6-9,11,14-17,41H2/b18-12-/t20-,34-,35+/m0/s1. The summed E-state index contributed by atoms with van der Waals surface area (Å²) < 4.78 is 52.2. The largest absolute Gasteiger partial charge is 0.461 e. The van der Waals surface area contributed by atoms with Crippen LogP contribution in [0.15, 0.2) is 30.1 Å². The van der Waals surface area contributed by atoms with Crippen LogP contribution >= 0.6 is 22.9 Å². The van der Waals surface area contributed by atoms with Crippen LogP contribution in [0.1, 0.15) is 50.5 Å². The van der Waals surface area contributed by atoms with Crippen LogP contribution in [0.5, 0.6) is 6.01 Å². The Labute approximate surface area is 284 Å². The van der Waals surface area contributed by atoms with Gasteiger partial charge in [0.05, 0.1) is 27.2 Å². The van der Waals surface area contributed by atoms with Crippen LogP contribution < -0.4 is 20.7 Å². The Balaban J connectivity index is 1.20. The Morgan fingerprint density at radius 1 is 1.23 bits per heavy atom. The van der Waals surface area contributed by atoms with Crippen LogP contribution in [0.2, 0.25) is 5.02 Å². The molecule has 13 heteroatoms. The molecular formula is C35H33ClF3N7OS. The molecule has 8 nitrogen and oxygen atoms in total. The van der Waals surface area contributed by atoms with Gasteiger partial charge in [0.2, 0.25) is 0 Å². The Morgan fingerprint density at radius 2 is 2.08 bits per heavy atom. The van der Waals surface area contributed by atoms with E-state index >= 15 is 4.39 Å². The van der Waals surface area contributed by atoms with Gasteiger partial charge in [-0.2, -0.15) is 15.2 Å². The molecule has 2 aromatic carbocycles. The SMILES string of the molecule is N#Cc1c(N)sc2c(F)ccc(-c3c(Cl)cc4c(N5C[C@@H]6CC[C@](C7CC7)(C5)N6)nc(OC[C@@]56CCCN5C/C(=C\F)C6)nc4c3F)c12. The predicted molar refractivity (Wildman–Crippen MR) is 181 cm³/mol. The van der Waals surface area contributed by atoms with Gasteiger partial charge >= 0.3 is 6.01 Å². The fourth-order valence-electron chi connectivity index (χ4n) is 9.04. The minimum atomic E-state index is -0.716. The van der Waals surface area contributed by atoms with E-state index in [-0.39, 0.29) is 72.1 Å². The van der Waals surface area contributed by atoms with Gasteiger partial charge in [0.1, 0.15) is 34.8 Å². The van der Waals surface area contributed by atoms with Crippen LogP contribution in [0.25, 0.3) is 32.1 Å². The van der Waals surface area contributed by atoms with Crippen LogP contribution in [-0.2, 0) is 0 Å². The van der Waals surface area contributed by atoms with Crippen molar-refractivity contribution in [3.05, 3.63) is 52.3 Å². The number of thiophene rings is 1. The lowest BCUT2D eigenvalue weighted by Crippen LogP contribution is -2.61. The quantitative estimate of drug-likeness (QED) is 0.221. The Kier molecular flexibility index (Phi) is 6.93. The van der Waals surface area contributed by atoms with Gasteiger partial charge in [-0.15, -0.1) is 11.3 Å². The number of nitrogens with zero attached hydrogens (tertiary/aromatic N) is 5. The molecule has 48 heavy (non-hydrogen) atoms. The maximum atomic E-state index is 17.1. The van der Waals surface area contributed by atoms with Crippen molar-refractivity contribution in [1.82, 2.24) is 20.2 Å². The number of ether oxygens (including phenoxy) is 1. The number of benzene rings is 2. The summed E-state index contributed by atoms with van der Waals surface area (Å²) in [6.45, 7) is 3.08. The number of nitrogen functional groups attached to an aromatic ring is 1. The fourth-order valence-corrected chi connectivity index (χ4v) is 10.3. The molecule has 9 rings (SSSR count). The molecule has 3 atom stereocenters. The van der Waals surface area contributed by atoms with Gasteiger partial charge in [-0.1, -0.05) is 17.7 Å². The van der Waals surface area contributed by atoms with Crippen molar-refractivity contribution >= 4 is 54.7 Å². The summed E-state index contributed by atoms with van der Waals surface area (Å²) in [6, 6.07) is 6.71. The zero-order valence-electron chi connectivity index (χ0n) is 26.1. The highest BCUT2D eigenvalue weighted by Gasteiger charge is 2.53. The first kappa shape index (κ1) is 30.4. The third-order valence-corrected chi connectivity index (χ3v) is 12.7. The van der Waals surface area contributed by atoms with Crippen molar-refractivity contribution in [1.29, 1.82) is 5.26 Å². The van der Waals surface area contributed by atoms with E-state index in [1.807, 2.05) is 0 Å². The van der Waals surface area contributed by atoms with Gasteiger partial charge in [0.15, 0.2) is 5.82 Å². The predicted octanol–water partition coefficient (Wildman–Crippen LogP) is 7.09. The first-order chi connectivity index (χ1) is 23.2. The van der Waals surface area contributed by atoms with E-state index in [1.165, 1.54) is 25.0 Å². The molecule has 1 aliphatic carbocycles. The molecule has 2 aromatic heterocycles. The minimum absolute atomic E-state index is 0.00276. The molecule has 4 saturated heterocycles. The number of hydrogen-bond donors (Lipinski definition) is 2. The summed E-state index contributed by atoms with van der Waals surface area (Å²) in [4.78, 5) is 14.1. The number of anilines is 2. The van der Waals surface area contributed by atoms with Crippen molar-refractivity contribution < 1.29 is 17.9 Å². The van der Waals surface area contributed by atoms with Crippen molar-refractivity contribution in [2.75, 3.05) is 43.4 Å². The zero-order valence-corrected chi connectivity index (χ0v) is 27.7. The van der Waals surface area contributed by atoms with Crippen LogP contribution in [-0.4, -0.2) is 64.8 Å². The summed E-state index contributed by atoms with van der Waals surface area (Å²) in [5, 5.41) is 14.7. The molecule has 248 valence electrons. The topological polar surface area (TPSA) is 103 Å². The highest BCUT2D eigenvalue weighted by atomic mass is 35.5. The third-order valence-electron chi connectivity index (χ3n) is 11.4. The summed E-state index contributed by atoms with van der Waals surface area (Å²) in [5.74, 6) is -0.117. The zero-order chi connectivity index (χ0) is 32.9. The van der Waals surface area contributed by atoms with E-state index < -0.39 is 11.6 Å². The monoisotopic (exact) mass is 691 g/mol. The lowest BCUT2D eigenvalue weighted by atomic mass is 9.90. The van der Waals surface area contributed by atoms with E-state index in [4.69, 9.17) is 27.1 Å². The first-order valence-electron chi connectivity index (χ1n) is 16.5. The first-order valence-corrected chi connectivity index (χ1v) is 17.7. The molecule has 0 spiro atoms. The van der Waals surface area contributed by atoms with Crippen molar-refractivity contribution in [3.8, 4) is 23.2 Å². The molecule has 0 unspecified atom stereocenters. The number of rotatable bonds is 6. The Morgan fingerprint density at radius 3 is 2.88 bits per heavy atom. The molecule has 5 aliphatic rings. The molecule has 6 heterocycles. The van der Waals surface area contributed by atoms with E-state index in [0.717, 1.165) is 55.7 Å². The average Bonchev–Trinajstić information content (AvgIpc) is 3.53. The second-order valence-electron chi connectivity index (χ2n) is 14.2. The smallest absolute Gasteiger partial charge is 0.319 e. The lowest BCUT2D eigenvalue weighted by molar-refractivity contribution is 0.108. The number of nitrogens with one attached hydrogen (secondary N) is 1. The van der Waals surface area contributed by atoms with E-state index in [2.05, 4.69) is 26.2 Å². The second kappa shape index (κ2) is 10.9.